The second-order valence-electron chi connectivity index (χ2n) is 7.65. The summed E-state index contributed by atoms with van der Waals surface area (Å²) < 4.78 is 43.7. The smallest absolute Gasteiger partial charge is 0.416 e. The monoisotopic (exact) mass is 434 g/mol. The number of benzene rings is 2. The van der Waals surface area contributed by atoms with Crippen LogP contribution in [-0.2, 0) is 28.7 Å². The molecule has 0 aliphatic carbocycles. The van der Waals surface area contributed by atoms with Crippen LogP contribution in [0, 0.1) is 0 Å². The third-order valence-electron chi connectivity index (χ3n) is 5.34. The molecule has 2 aromatic carbocycles. The van der Waals surface area contributed by atoms with Crippen LogP contribution in [0.15, 0.2) is 42.5 Å². The number of carboxylic acids is 1. The van der Waals surface area contributed by atoms with Crippen molar-refractivity contribution in [3.63, 3.8) is 0 Å². The molecule has 0 spiro atoms. The molecule has 7 nitrogen and oxygen atoms in total. The van der Waals surface area contributed by atoms with E-state index in [1.54, 1.807) is 18.2 Å². The number of carbonyl (C=O) groups excluding carboxylic acids is 2. The van der Waals surface area contributed by atoms with Crippen LogP contribution in [0.4, 0.5) is 23.7 Å². The predicted octanol–water partition coefficient (Wildman–Crippen LogP) is 3.45. The first-order valence-corrected chi connectivity index (χ1v) is 9.31. The van der Waals surface area contributed by atoms with E-state index in [0.717, 1.165) is 34.1 Å². The number of anilines is 1. The second kappa shape index (κ2) is 7.00. The third kappa shape index (κ3) is 3.69. The molecular formula is C21H17F3N2O5. The standard InChI is InChI=1S/C21H17F3N2O5/c1-20(18(28)29)9-13-8-12(2-7-16(13)31-20)10-26-17(27)11-25(19(26)30)15-5-3-14(4-6-15)21(22,23)24/h2-8H,9-11H2,1H3,(H,28,29). The van der Waals surface area contributed by atoms with Gasteiger partial charge in [0.2, 0.25) is 5.60 Å². The molecule has 0 radical (unpaired) electrons. The molecule has 0 bridgehead atoms. The lowest BCUT2D eigenvalue weighted by molar-refractivity contribution is -0.152. The van der Waals surface area contributed by atoms with E-state index in [1.165, 1.54) is 6.92 Å². The van der Waals surface area contributed by atoms with Crippen LogP contribution in [0.2, 0.25) is 0 Å². The summed E-state index contributed by atoms with van der Waals surface area (Å²) in [5.74, 6) is -1.15. The molecule has 4 rings (SSSR count). The number of amides is 3. The number of hydrogen-bond acceptors (Lipinski definition) is 4. The Morgan fingerprint density at radius 3 is 2.45 bits per heavy atom. The number of imide groups is 1. The number of nitrogens with zero attached hydrogens (tertiary/aromatic N) is 2. The Morgan fingerprint density at radius 1 is 1.16 bits per heavy atom. The molecule has 2 aliphatic rings. The largest absolute Gasteiger partial charge is 0.478 e. The number of carboxylic acid groups (broad SMARTS) is 1. The van der Waals surface area contributed by atoms with Crippen LogP contribution < -0.4 is 9.64 Å². The lowest BCUT2D eigenvalue weighted by Crippen LogP contribution is -2.39. The molecule has 1 N–H and O–H groups in total. The number of hydrogen-bond donors (Lipinski definition) is 1. The molecule has 2 heterocycles. The van der Waals surface area contributed by atoms with Crippen molar-refractivity contribution in [2.24, 2.45) is 0 Å². The Bertz CT molecular complexity index is 1080. The van der Waals surface area contributed by atoms with E-state index in [0.29, 0.717) is 16.9 Å². The predicted molar refractivity (Wildman–Crippen MR) is 102 cm³/mol. The average Bonchev–Trinajstić information content (AvgIpc) is 3.19. The lowest BCUT2D eigenvalue weighted by Gasteiger charge is -2.18. The van der Waals surface area contributed by atoms with E-state index in [1.807, 2.05) is 0 Å². The van der Waals surface area contributed by atoms with Crippen molar-refractivity contribution < 1.29 is 37.4 Å². The minimum absolute atomic E-state index is 0.0497. The fourth-order valence-corrected chi connectivity index (χ4v) is 3.64. The van der Waals surface area contributed by atoms with Crippen molar-refractivity contribution in [1.29, 1.82) is 0 Å². The molecule has 162 valence electrons. The van der Waals surface area contributed by atoms with Gasteiger partial charge in [-0.05, 0) is 48.4 Å². The molecule has 1 saturated heterocycles. The molecule has 3 amide bonds. The number of fused-ring (bicyclic) bond motifs is 1. The summed E-state index contributed by atoms with van der Waals surface area (Å²) in [6, 6.07) is 8.28. The molecule has 31 heavy (non-hydrogen) atoms. The molecule has 0 aromatic heterocycles. The average molecular weight is 434 g/mol. The highest BCUT2D eigenvalue weighted by molar-refractivity contribution is 6.12. The quantitative estimate of drug-likeness (QED) is 0.745. The molecule has 10 heteroatoms. The summed E-state index contributed by atoms with van der Waals surface area (Å²) in [5.41, 5.74) is -0.776. The Hall–Kier alpha value is -3.56. The molecular weight excluding hydrogens is 417 g/mol. The van der Waals surface area contributed by atoms with Crippen LogP contribution in [0.3, 0.4) is 0 Å². The van der Waals surface area contributed by atoms with Crippen LogP contribution in [-0.4, -0.2) is 40.1 Å². The first-order valence-electron chi connectivity index (χ1n) is 9.31. The van der Waals surface area contributed by atoms with Crippen molar-refractivity contribution in [3.05, 3.63) is 59.2 Å². The number of rotatable bonds is 4. The molecule has 0 saturated carbocycles. The zero-order valence-electron chi connectivity index (χ0n) is 16.3. The summed E-state index contributed by atoms with van der Waals surface area (Å²) in [5, 5.41) is 9.32. The summed E-state index contributed by atoms with van der Waals surface area (Å²) in [6.45, 7) is 1.13. The highest BCUT2D eigenvalue weighted by atomic mass is 19.4. The Kier molecular flexibility index (Phi) is 4.68. The lowest BCUT2D eigenvalue weighted by atomic mass is 9.98. The van der Waals surface area contributed by atoms with E-state index >= 15 is 0 Å². The summed E-state index contributed by atoms with van der Waals surface area (Å²) in [4.78, 5) is 38.7. The molecule has 2 aliphatic heterocycles. The second-order valence-corrected chi connectivity index (χ2v) is 7.65. The van der Waals surface area contributed by atoms with Crippen LogP contribution >= 0.6 is 0 Å². The van der Waals surface area contributed by atoms with Crippen molar-refractivity contribution in [2.45, 2.75) is 31.7 Å². The normalized spacial score (nSPS) is 20.8. The minimum Gasteiger partial charge on any atom is -0.478 e. The van der Waals surface area contributed by atoms with Crippen LogP contribution in [0.5, 0.6) is 5.75 Å². The Morgan fingerprint density at radius 2 is 1.84 bits per heavy atom. The maximum absolute atomic E-state index is 12.7. The van der Waals surface area contributed by atoms with Gasteiger partial charge >= 0.3 is 18.2 Å². The third-order valence-corrected chi connectivity index (χ3v) is 5.34. The van der Waals surface area contributed by atoms with Gasteiger partial charge in [0.15, 0.2) is 0 Å². The number of carbonyl (C=O) groups is 3. The maximum Gasteiger partial charge on any atom is 0.416 e. The molecule has 2 aromatic rings. The fraction of sp³-hybridized carbons (Fsp3) is 0.286. The van der Waals surface area contributed by atoms with Gasteiger partial charge in [0.05, 0.1) is 12.1 Å². The summed E-state index contributed by atoms with van der Waals surface area (Å²) >= 11 is 0. The number of alkyl halides is 3. The zero-order valence-corrected chi connectivity index (χ0v) is 16.3. The van der Waals surface area contributed by atoms with Crippen molar-refractivity contribution in [2.75, 3.05) is 11.4 Å². The molecule has 1 fully saturated rings. The van der Waals surface area contributed by atoms with E-state index in [2.05, 4.69) is 0 Å². The van der Waals surface area contributed by atoms with Gasteiger partial charge in [-0.3, -0.25) is 14.6 Å². The van der Waals surface area contributed by atoms with Crippen molar-refractivity contribution >= 4 is 23.6 Å². The molecule has 1 atom stereocenters. The van der Waals surface area contributed by atoms with Gasteiger partial charge in [0.25, 0.3) is 5.91 Å². The zero-order chi connectivity index (χ0) is 22.6. The van der Waals surface area contributed by atoms with Gasteiger partial charge in [-0.25, -0.2) is 9.59 Å². The van der Waals surface area contributed by atoms with Crippen LogP contribution in [0.25, 0.3) is 0 Å². The fourth-order valence-electron chi connectivity index (χ4n) is 3.64. The number of aliphatic carboxylic acids is 1. The summed E-state index contributed by atoms with van der Waals surface area (Å²) in [6.07, 6.45) is -4.35. The van der Waals surface area contributed by atoms with E-state index < -0.39 is 35.2 Å². The van der Waals surface area contributed by atoms with Gasteiger partial charge < -0.3 is 9.84 Å². The highest BCUT2D eigenvalue weighted by Crippen LogP contribution is 2.36. The van der Waals surface area contributed by atoms with Gasteiger partial charge in [-0.2, -0.15) is 13.2 Å². The number of halogens is 3. The SMILES string of the molecule is CC1(C(=O)O)Cc2cc(CN3C(=O)CN(c4ccc(C(F)(F)F)cc4)C3=O)ccc2O1. The van der Waals surface area contributed by atoms with Crippen molar-refractivity contribution in [3.8, 4) is 5.75 Å². The minimum atomic E-state index is -4.50. The van der Waals surface area contributed by atoms with E-state index in [-0.39, 0.29) is 25.2 Å². The molecule has 1 unspecified atom stereocenters. The first-order chi connectivity index (χ1) is 14.5. The first kappa shape index (κ1) is 20.7. The van der Waals surface area contributed by atoms with Gasteiger partial charge in [0, 0.05) is 12.1 Å². The summed E-state index contributed by atoms with van der Waals surface area (Å²) in [7, 11) is 0. The van der Waals surface area contributed by atoms with Crippen molar-refractivity contribution in [1.82, 2.24) is 4.90 Å². The van der Waals surface area contributed by atoms with Gasteiger partial charge in [-0.1, -0.05) is 12.1 Å². The van der Waals surface area contributed by atoms with Crippen LogP contribution in [0.1, 0.15) is 23.6 Å². The number of urea groups is 1. The highest BCUT2D eigenvalue weighted by Gasteiger charge is 2.42. The van der Waals surface area contributed by atoms with E-state index in [9.17, 15) is 32.7 Å². The van der Waals surface area contributed by atoms with Gasteiger partial charge in [0.1, 0.15) is 12.3 Å². The topological polar surface area (TPSA) is 87.2 Å². The Balaban J connectivity index is 1.50. The van der Waals surface area contributed by atoms with Gasteiger partial charge in [-0.15, -0.1) is 0 Å². The van der Waals surface area contributed by atoms with E-state index in [4.69, 9.17) is 4.74 Å². The maximum atomic E-state index is 12.7. The number of ether oxygens (including phenoxy) is 1. The Labute approximate surface area is 174 Å².